The van der Waals surface area contributed by atoms with Crippen LogP contribution in [0, 0.1) is 5.92 Å². The van der Waals surface area contributed by atoms with Gasteiger partial charge in [-0.05, 0) is 31.0 Å². The Kier molecular flexibility index (Phi) is 7.31. The molecule has 5 nitrogen and oxygen atoms in total. The lowest BCUT2D eigenvalue weighted by atomic mass is 9.87. The Bertz CT molecular complexity index is 725. The second-order valence-corrected chi connectivity index (χ2v) is 7.24. The van der Waals surface area contributed by atoms with Crippen LogP contribution in [0.5, 0.6) is 5.75 Å². The van der Waals surface area contributed by atoms with Gasteiger partial charge in [0.2, 0.25) is 0 Å². The summed E-state index contributed by atoms with van der Waals surface area (Å²) in [7, 11) is 3.45. The van der Waals surface area contributed by atoms with Crippen molar-refractivity contribution in [3.8, 4) is 5.75 Å². The summed E-state index contributed by atoms with van der Waals surface area (Å²) in [5.74, 6) is 1.12. The fourth-order valence-corrected chi connectivity index (χ4v) is 4.58. The Morgan fingerprint density at radius 2 is 1.75 bits per heavy atom. The third-order valence-electron chi connectivity index (χ3n) is 5.75. The first kappa shape index (κ1) is 20.6. The van der Waals surface area contributed by atoms with E-state index in [1.807, 2.05) is 24.3 Å². The van der Waals surface area contributed by atoms with Crippen LogP contribution in [-0.2, 0) is 4.74 Å². The van der Waals surface area contributed by atoms with E-state index >= 15 is 0 Å². The van der Waals surface area contributed by atoms with Gasteiger partial charge in [0.25, 0.3) is 0 Å². The minimum atomic E-state index is 0.141. The fraction of sp³-hybridized carbons (Fsp3) is 0.478. The molecule has 0 bridgehead atoms. The predicted octanol–water partition coefficient (Wildman–Crippen LogP) is 3.25. The van der Waals surface area contributed by atoms with E-state index in [0.29, 0.717) is 6.61 Å². The first-order valence-electron chi connectivity index (χ1n) is 10.1. The molecule has 2 N–H and O–H groups in total. The zero-order valence-electron chi connectivity index (χ0n) is 17.0. The number of para-hydroxylation sites is 2. The normalized spacial score (nSPS) is 24.3. The molecule has 2 aromatic rings. The van der Waals surface area contributed by atoms with Crippen LogP contribution in [0.2, 0.25) is 0 Å². The van der Waals surface area contributed by atoms with Gasteiger partial charge >= 0.3 is 0 Å². The molecule has 0 amide bonds. The van der Waals surface area contributed by atoms with Crippen molar-refractivity contribution in [3.63, 3.8) is 0 Å². The number of nitrogens with zero attached hydrogens (tertiary/aromatic N) is 1. The quantitative estimate of drug-likeness (QED) is 0.695. The number of nitrogens with one attached hydrogen (secondary N) is 1. The molecule has 0 radical (unpaired) electrons. The highest BCUT2D eigenvalue weighted by atomic mass is 16.5. The summed E-state index contributed by atoms with van der Waals surface area (Å²) in [4.78, 5) is 2.42. The number of ether oxygens (including phenoxy) is 2. The summed E-state index contributed by atoms with van der Waals surface area (Å²) in [6.07, 6.45) is 0.723. The first-order valence-corrected chi connectivity index (χ1v) is 10.1. The molecule has 1 aliphatic rings. The van der Waals surface area contributed by atoms with Gasteiger partial charge in [-0.3, -0.25) is 0 Å². The molecule has 0 spiro atoms. The number of aliphatic hydroxyl groups is 1. The lowest BCUT2D eigenvalue weighted by Gasteiger charge is -2.38. The van der Waals surface area contributed by atoms with Crippen LogP contribution in [0.15, 0.2) is 54.6 Å². The van der Waals surface area contributed by atoms with E-state index < -0.39 is 0 Å². The molecule has 152 valence electrons. The van der Waals surface area contributed by atoms with Gasteiger partial charge in [0.15, 0.2) is 0 Å². The van der Waals surface area contributed by atoms with E-state index in [0.717, 1.165) is 24.4 Å². The van der Waals surface area contributed by atoms with E-state index in [9.17, 15) is 5.11 Å². The van der Waals surface area contributed by atoms with Gasteiger partial charge in [0.1, 0.15) is 5.75 Å². The number of rotatable bonds is 9. The summed E-state index contributed by atoms with van der Waals surface area (Å²) < 4.78 is 11.2. The number of hydrogen-bond donors (Lipinski definition) is 2. The molecule has 5 heteroatoms. The van der Waals surface area contributed by atoms with Crippen molar-refractivity contribution in [2.45, 2.75) is 31.5 Å². The maximum Gasteiger partial charge on any atom is 0.142 e. The van der Waals surface area contributed by atoms with Gasteiger partial charge in [-0.1, -0.05) is 42.5 Å². The Morgan fingerprint density at radius 3 is 2.39 bits per heavy atom. The maximum atomic E-state index is 9.80. The molecule has 2 aromatic carbocycles. The van der Waals surface area contributed by atoms with Crippen molar-refractivity contribution in [1.82, 2.24) is 5.32 Å². The molecule has 28 heavy (non-hydrogen) atoms. The van der Waals surface area contributed by atoms with Crippen molar-refractivity contribution in [2.75, 3.05) is 38.9 Å². The molecule has 1 aliphatic heterocycles. The average molecular weight is 385 g/mol. The highest BCUT2D eigenvalue weighted by Crippen LogP contribution is 2.41. The standard InChI is InChI=1S/C23H32N2O3/c1-4-25(20-12-8-9-13-21(20)28-3)23-18(14-15-26)19(16-27-2)24-22(23)17-10-6-5-7-11-17/h5-13,18-19,22-24,26H,4,14-16H2,1-3H3. The molecule has 0 saturated carbocycles. The Morgan fingerprint density at radius 1 is 1.04 bits per heavy atom. The first-order chi connectivity index (χ1) is 13.7. The van der Waals surface area contributed by atoms with Crippen LogP contribution in [-0.4, -0.2) is 51.2 Å². The van der Waals surface area contributed by atoms with Gasteiger partial charge in [0.05, 0.1) is 31.5 Å². The van der Waals surface area contributed by atoms with E-state index in [-0.39, 0.29) is 30.7 Å². The maximum absolute atomic E-state index is 9.80. The zero-order chi connectivity index (χ0) is 19.9. The van der Waals surface area contributed by atoms with Crippen molar-refractivity contribution in [1.29, 1.82) is 0 Å². The second kappa shape index (κ2) is 9.92. The Hall–Kier alpha value is -2.08. The van der Waals surface area contributed by atoms with Gasteiger partial charge in [-0.15, -0.1) is 0 Å². The molecule has 0 aromatic heterocycles. The Balaban J connectivity index is 2.06. The van der Waals surface area contributed by atoms with Gasteiger partial charge < -0.3 is 24.8 Å². The number of anilines is 1. The zero-order valence-corrected chi connectivity index (χ0v) is 17.0. The van der Waals surface area contributed by atoms with Crippen molar-refractivity contribution in [3.05, 3.63) is 60.2 Å². The van der Waals surface area contributed by atoms with Crippen LogP contribution >= 0.6 is 0 Å². The Labute approximate surface area is 168 Å². The molecule has 1 heterocycles. The van der Waals surface area contributed by atoms with E-state index in [2.05, 4.69) is 47.5 Å². The van der Waals surface area contributed by atoms with Gasteiger partial charge in [0, 0.05) is 32.2 Å². The predicted molar refractivity (Wildman–Crippen MR) is 113 cm³/mol. The summed E-state index contributed by atoms with van der Waals surface area (Å²) >= 11 is 0. The summed E-state index contributed by atoms with van der Waals surface area (Å²) in [6, 6.07) is 19.2. The van der Waals surface area contributed by atoms with E-state index in [4.69, 9.17) is 9.47 Å². The van der Waals surface area contributed by atoms with Crippen molar-refractivity contribution < 1.29 is 14.6 Å². The van der Waals surface area contributed by atoms with Crippen LogP contribution < -0.4 is 15.0 Å². The van der Waals surface area contributed by atoms with Crippen LogP contribution in [0.4, 0.5) is 5.69 Å². The molecule has 0 aliphatic carbocycles. The van der Waals surface area contributed by atoms with Crippen molar-refractivity contribution in [2.24, 2.45) is 5.92 Å². The monoisotopic (exact) mass is 384 g/mol. The number of likely N-dealkylation sites (N-methyl/N-ethyl adjacent to an activating group) is 1. The minimum absolute atomic E-state index is 0.141. The second-order valence-electron chi connectivity index (χ2n) is 7.24. The molecule has 1 fully saturated rings. The number of aliphatic hydroxyl groups excluding tert-OH is 1. The summed E-state index contributed by atoms with van der Waals surface area (Å²) in [6.45, 7) is 3.80. The molecular weight excluding hydrogens is 352 g/mol. The van der Waals surface area contributed by atoms with E-state index in [1.165, 1.54) is 5.56 Å². The topological polar surface area (TPSA) is 54.0 Å². The smallest absolute Gasteiger partial charge is 0.142 e. The van der Waals surface area contributed by atoms with Gasteiger partial charge in [-0.25, -0.2) is 0 Å². The van der Waals surface area contributed by atoms with E-state index in [1.54, 1.807) is 14.2 Å². The largest absolute Gasteiger partial charge is 0.495 e. The summed E-state index contributed by atoms with van der Waals surface area (Å²) in [5.41, 5.74) is 2.34. The fourth-order valence-electron chi connectivity index (χ4n) is 4.58. The molecule has 3 rings (SSSR count). The number of hydrogen-bond acceptors (Lipinski definition) is 5. The lowest BCUT2D eigenvalue weighted by Crippen LogP contribution is -2.44. The highest BCUT2D eigenvalue weighted by molar-refractivity contribution is 5.60. The SMILES string of the molecule is CCN(c1ccccc1OC)C1C(c2ccccc2)NC(COC)C1CCO. The third-order valence-corrected chi connectivity index (χ3v) is 5.75. The molecule has 1 saturated heterocycles. The van der Waals surface area contributed by atoms with Crippen LogP contribution in [0.3, 0.4) is 0 Å². The number of methoxy groups -OCH3 is 2. The van der Waals surface area contributed by atoms with Crippen molar-refractivity contribution >= 4 is 5.69 Å². The van der Waals surface area contributed by atoms with Gasteiger partial charge in [-0.2, -0.15) is 0 Å². The lowest BCUT2D eigenvalue weighted by molar-refractivity contribution is 0.143. The number of benzene rings is 2. The highest BCUT2D eigenvalue weighted by Gasteiger charge is 2.46. The van der Waals surface area contributed by atoms with Crippen LogP contribution in [0.1, 0.15) is 24.9 Å². The summed E-state index contributed by atoms with van der Waals surface area (Å²) in [5, 5.41) is 13.6. The van der Waals surface area contributed by atoms with Crippen LogP contribution in [0.25, 0.3) is 0 Å². The average Bonchev–Trinajstić information content (AvgIpc) is 3.08. The minimum Gasteiger partial charge on any atom is -0.495 e. The molecule has 4 atom stereocenters. The molecule has 4 unspecified atom stereocenters. The molecular formula is C23H32N2O3. The third kappa shape index (κ3) is 4.17.